The normalized spacial score (nSPS) is 12.5. The summed E-state index contributed by atoms with van der Waals surface area (Å²) in [5, 5.41) is 0. The Morgan fingerprint density at radius 1 is 0.917 bits per heavy atom. The summed E-state index contributed by atoms with van der Waals surface area (Å²) in [4.78, 5) is 4.66. The van der Waals surface area contributed by atoms with E-state index < -0.39 is 0 Å². The van der Waals surface area contributed by atoms with E-state index in [4.69, 9.17) is 4.74 Å². The van der Waals surface area contributed by atoms with E-state index in [1.54, 1.807) is 23.9 Å². The molecule has 0 atom stereocenters. The molecule has 3 aromatic carbocycles. The number of anilines is 2. The largest absolute Gasteiger partial charge is 0.494 e. The summed E-state index contributed by atoms with van der Waals surface area (Å²) in [6.07, 6.45) is 0. The lowest BCUT2D eigenvalue weighted by Crippen LogP contribution is -2.20. The standard InChI is InChI=1S/C20H16FNOS/c1-23-18-11-10-14(12-15(18)21)13-22-16-6-2-4-8-19(16)24-20-9-5-3-7-17(20)22/h2-12H,13H2,1H3. The van der Waals surface area contributed by atoms with Crippen molar-refractivity contribution >= 4 is 23.1 Å². The molecule has 0 unspecified atom stereocenters. The van der Waals surface area contributed by atoms with E-state index in [0.717, 1.165) is 16.9 Å². The smallest absolute Gasteiger partial charge is 0.165 e. The second-order valence-electron chi connectivity index (χ2n) is 5.59. The fraction of sp³-hybridized carbons (Fsp3) is 0.100. The van der Waals surface area contributed by atoms with Gasteiger partial charge >= 0.3 is 0 Å². The third-order valence-corrected chi connectivity index (χ3v) is 5.22. The van der Waals surface area contributed by atoms with Gasteiger partial charge in [-0.3, -0.25) is 0 Å². The number of nitrogens with zero attached hydrogens (tertiary/aromatic N) is 1. The highest BCUT2D eigenvalue weighted by molar-refractivity contribution is 7.99. The molecule has 0 aliphatic carbocycles. The van der Waals surface area contributed by atoms with Gasteiger partial charge in [-0.25, -0.2) is 4.39 Å². The number of para-hydroxylation sites is 2. The van der Waals surface area contributed by atoms with Crippen molar-refractivity contribution in [3.8, 4) is 5.75 Å². The first kappa shape index (κ1) is 15.1. The SMILES string of the molecule is COc1ccc(CN2c3ccccc3Sc3ccccc32)cc1F. The van der Waals surface area contributed by atoms with Crippen LogP contribution in [0.5, 0.6) is 5.75 Å². The topological polar surface area (TPSA) is 12.5 Å². The van der Waals surface area contributed by atoms with Gasteiger partial charge in [0.25, 0.3) is 0 Å². The van der Waals surface area contributed by atoms with E-state index in [-0.39, 0.29) is 11.6 Å². The van der Waals surface area contributed by atoms with Crippen LogP contribution in [0.25, 0.3) is 0 Å². The lowest BCUT2D eigenvalue weighted by Gasteiger charge is -2.32. The first-order chi connectivity index (χ1) is 11.8. The van der Waals surface area contributed by atoms with Crippen LogP contribution in [0.15, 0.2) is 76.5 Å². The third-order valence-electron chi connectivity index (χ3n) is 4.09. The summed E-state index contributed by atoms with van der Waals surface area (Å²) < 4.78 is 19.1. The van der Waals surface area contributed by atoms with Crippen molar-refractivity contribution in [3.63, 3.8) is 0 Å². The van der Waals surface area contributed by atoms with Gasteiger partial charge in [0, 0.05) is 16.3 Å². The average Bonchev–Trinajstić information content (AvgIpc) is 2.62. The first-order valence-electron chi connectivity index (χ1n) is 7.72. The zero-order chi connectivity index (χ0) is 16.5. The van der Waals surface area contributed by atoms with Crippen molar-refractivity contribution in [1.82, 2.24) is 0 Å². The summed E-state index contributed by atoms with van der Waals surface area (Å²) in [5.41, 5.74) is 3.21. The lowest BCUT2D eigenvalue weighted by atomic mass is 10.1. The molecule has 120 valence electrons. The van der Waals surface area contributed by atoms with Crippen LogP contribution in [0.3, 0.4) is 0 Å². The molecule has 0 bridgehead atoms. The Hall–Kier alpha value is -2.46. The molecule has 0 radical (unpaired) electrons. The highest BCUT2D eigenvalue weighted by Crippen LogP contribution is 2.48. The van der Waals surface area contributed by atoms with Crippen molar-refractivity contribution < 1.29 is 9.13 Å². The molecule has 1 heterocycles. The molecular weight excluding hydrogens is 321 g/mol. The maximum atomic E-state index is 14.0. The molecule has 0 fully saturated rings. The van der Waals surface area contributed by atoms with Crippen LogP contribution >= 0.6 is 11.8 Å². The minimum Gasteiger partial charge on any atom is -0.494 e. The molecule has 0 spiro atoms. The zero-order valence-electron chi connectivity index (χ0n) is 13.2. The fourth-order valence-corrected chi connectivity index (χ4v) is 4.04. The second-order valence-corrected chi connectivity index (χ2v) is 6.68. The van der Waals surface area contributed by atoms with Gasteiger partial charge in [0.15, 0.2) is 11.6 Å². The lowest BCUT2D eigenvalue weighted by molar-refractivity contribution is 0.386. The maximum Gasteiger partial charge on any atom is 0.165 e. The molecule has 2 nitrogen and oxygen atoms in total. The van der Waals surface area contributed by atoms with Crippen molar-refractivity contribution in [2.75, 3.05) is 12.0 Å². The highest BCUT2D eigenvalue weighted by Gasteiger charge is 2.23. The average molecular weight is 337 g/mol. The molecule has 4 rings (SSSR count). The molecule has 4 heteroatoms. The zero-order valence-corrected chi connectivity index (χ0v) is 14.0. The van der Waals surface area contributed by atoms with Crippen molar-refractivity contribution in [3.05, 3.63) is 78.1 Å². The van der Waals surface area contributed by atoms with E-state index in [1.165, 1.54) is 16.9 Å². The van der Waals surface area contributed by atoms with Gasteiger partial charge in [-0.1, -0.05) is 42.1 Å². The van der Waals surface area contributed by atoms with Crippen molar-refractivity contribution in [1.29, 1.82) is 0 Å². The van der Waals surface area contributed by atoms with Crippen LogP contribution in [-0.2, 0) is 6.54 Å². The number of methoxy groups -OCH3 is 1. The molecule has 0 N–H and O–H groups in total. The number of fused-ring (bicyclic) bond motifs is 2. The molecule has 0 aromatic heterocycles. The van der Waals surface area contributed by atoms with Gasteiger partial charge in [0.05, 0.1) is 18.5 Å². The summed E-state index contributed by atoms with van der Waals surface area (Å²) in [7, 11) is 1.48. The Kier molecular flexibility index (Phi) is 3.90. The van der Waals surface area contributed by atoms with Crippen LogP contribution in [0.1, 0.15) is 5.56 Å². The van der Waals surface area contributed by atoms with Gasteiger partial charge in [-0.05, 0) is 42.0 Å². The number of halogens is 1. The highest BCUT2D eigenvalue weighted by atomic mass is 32.2. The molecule has 0 saturated carbocycles. The van der Waals surface area contributed by atoms with E-state index in [2.05, 4.69) is 29.2 Å². The van der Waals surface area contributed by atoms with Crippen molar-refractivity contribution in [2.24, 2.45) is 0 Å². The van der Waals surface area contributed by atoms with Gasteiger partial charge < -0.3 is 9.64 Å². The van der Waals surface area contributed by atoms with Crippen LogP contribution in [0.2, 0.25) is 0 Å². The molecule has 1 aliphatic rings. The first-order valence-corrected chi connectivity index (χ1v) is 8.54. The minimum atomic E-state index is -0.331. The van der Waals surface area contributed by atoms with Gasteiger partial charge in [-0.2, -0.15) is 0 Å². The molecule has 1 aliphatic heterocycles. The number of ether oxygens (including phenoxy) is 1. The fourth-order valence-electron chi connectivity index (χ4n) is 2.94. The molecule has 0 saturated heterocycles. The number of hydrogen-bond donors (Lipinski definition) is 0. The van der Waals surface area contributed by atoms with E-state index in [9.17, 15) is 4.39 Å². The van der Waals surface area contributed by atoms with E-state index in [1.807, 2.05) is 30.3 Å². The Bertz CT molecular complexity index is 851. The quantitative estimate of drug-likeness (QED) is 0.614. The van der Waals surface area contributed by atoms with Gasteiger partial charge in [0.1, 0.15) is 0 Å². The maximum absolute atomic E-state index is 14.0. The van der Waals surface area contributed by atoms with Gasteiger partial charge in [0.2, 0.25) is 0 Å². The predicted octanol–water partition coefficient (Wildman–Crippen LogP) is 5.64. The molecular formula is C20H16FNOS. The summed E-state index contributed by atoms with van der Waals surface area (Å²) in [6.45, 7) is 0.607. The Labute approximate surface area is 144 Å². The van der Waals surface area contributed by atoms with Gasteiger partial charge in [-0.15, -0.1) is 0 Å². The van der Waals surface area contributed by atoms with Crippen molar-refractivity contribution in [2.45, 2.75) is 16.3 Å². The Morgan fingerprint density at radius 3 is 2.12 bits per heavy atom. The Morgan fingerprint density at radius 2 is 1.54 bits per heavy atom. The van der Waals surface area contributed by atoms with E-state index >= 15 is 0 Å². The second kappa shape index (κ2) is 6.21. The summed E-state index contributed by atoms with van der Waals surface area (Å²) in [5.74, 6) is -0.0586. The monoisotopic (exact) mass is 337 g/mol. The molecule has 24 heavy (non-hydrogen) atoms. The molecule has 0 amide bonds. The Balaban J connectivity index is 1.76. The number of hydrogen-bond acceptors (Lipinski definition) is 3. The van der Waals surface area contributed by atoms with Crippen LogP contribution < -0.4 is 9.64 Å². The number of rotatable bonds is 3. The van der Waals surface area contributed by atoms with Crippen LogP contribution in [0, 0.1) is 5.82 Å². The number of benzene rings is 3. The predicted molar refractivity (Wildman–Crippen MR) is 95.8 cm³/mol. The third kappa shape index (κ3) is 2.63. The van der Waals surface area contributed by atoms with Crippen LogP contribution in [0.4, 0.5) is 15.8 Å². The summed E-state index contributed by atoms with van der Waals surface area (Å²) >= 11 is 1.77. The molecule has 3 aromatic rings. The van der Waals surface area contributed by atoms with E-state index in [0.29, 0.717) is 6.54 Å². The summed E-state index contributed by atoms with van der Waals surface area (Å²) in [6, 6.07) is 21.8. The minimum absolute atomic E-state index is 0.272. The van der Waals surface area contributed by atoms with Crippen LogP contribution in [-0.4, -0.2) is 7.11 Å².